The Hall–Kier alpha value is -4.43. The number of hydrogen-bond acceptors (Lipinski definition) is 6. The van der Waals surface area contributed by atoms with Crippen LogP contribution in [0.2, 0.25) is 0 Å². The van der Waals surface area contributed by atoms with E-state index in [0.717, 1.165) is 27.8 Å². The van der Waals surface area contributed by atoms with Crippen molar-refractivity contribution in [3.8, 4) is 11.5 Å². The van der Waals surface area contributed by atoms with E-state index in [0.29, 0.717) is 31.1 Å². The number of nitrogens with zero attached hydrogens (tertiary/aromatic N) is 1. The van der Waals surface area contributed by atoms with Crippen molar-refractivity contribution >= 4 is 12.0 Å². The molecule has 7 heteroatoms. The lowest BCUT2D eigenvalue weighted by molar-refractivity contribution is -0.137. The summed E-state index contributed by atoms with van der Waals surface area (Å²) in [5, 5.41) is 11.0. The minimum absolute atomic E-state index is 0.0215. The van der Waals surface area contributed by atoms with Crippen LogP contribution in [0.5, 0.6) is 11.5 Å². The maximum absolute atomic E-state index is 13.7. The molecule has 4 rings (SSSR count). The zero-order valence-corrected chi connectivity index (χ0v) is 27.2. The molecule has 0 bridgehead atoms. The summed E-state index contributed by atoms with van der Waals surface area (Å²) in [6, 6.07) is 32.6. The third kappa shape index (κ3) is 10.0. The van der Waals surface area contributed by atoms with Crippen molar-refractivity contribution < 1.29 is 28.8 Å². The summed E-state index contributed by atoms with van der Waals surface area (Å²) in [4.78, 5) is 15.3. The van der Waals surface area contributed by atoms with Gasteiger partial charge in [0.2, 0.25) is 5.91 Å². The number of rotatable bonds is 17. The molecule has 0 heterocycles. The summed E-state index contributed by atoms with van der Waals surface area (Å²) in [6.07, 6.45) is 3.44. The predicted octanol–water partition coefficient (Wildman–Crippen LogP) is 7.59. The van der Waals surface area contributed by atoms with E-state index in [4.69, 9.17) is 18.9 Å². The smallest absolute Gasteiger partial charge is 0.225 e. The van der Waals surface area contributed by atoms with Crippen LogP contribution in [0.3, 0.4) is 0 Å². The van der Waals surface area contributed by atoms with E-state index in [1.54, 1.807) is 11.9 Å². The Morgan fingerprint density at radius 1 is 0.783 bits per heavy atom. The second-order valence-electron chi connectivity index (χ2n) is 11.3. The maximum atomic E-state index is 13.7. The van der Waals surface area contributed by atoms with Crippen molar-refractivity contribution in [3.63, 3.8) is 0 Å². The Morgan fingerprint density at radius 3 is 1.74 bits per heavy atom. The molecule has 0 fully saturated rings. The monoisotopic (exact) mass is 623 g/mol. The second kappa shape index (κ2) is 17.9. The first kappa shape index (κ1) is 34.4. The molecule has 3 atom stereocenters. The van der Waals surface area contributed by atoms with E-state index >= 15 is 0 Å². The van der Waals surface area contributed by atoms with Crippen molar-refractivity contribution in [3.05, 3.63) is 137 Å². The minimum Gasteiger partial charge on any atom is -0.467 e. The van der Waals surface area contributed by atoms with Crippen molar-refractivity contribution in [2.75, 3.05) is 20.6 Å². The molecule has 242 valence electrons. The second-order valence-corrected chi connectivity index (χ2v) is 11.3. The molecule has 0 aliphatic carbocycles. The van der Waals surface area contributed by atoms with Crippen LogP contribution in [-0.2, 0) is 33.9 Å². The van der Waals surface area contributed by atoms with Crippen molar-refractivity contribution in [2.45, 2.75) is 52.6 Å². The van der Waals surface area contributed by atoms with Gasteiger partial charge in [0.15, 0.2) is 13.6 Å². The van der Waals surface area contributed by atoms with E-state index in [2.05, 4.69) is 0 Å². The molecule has 0 aromatic heterocycles. The molecule has 46 heavy (non-hydrogen) atoms. The number of aliphatic hydroxyl groups is 1. The van der Waals surface area contributed by atoms with Crippen LogP contribution in [0.1, 0.15) is 54.7 Å². The number of allylic oxidation sites excluding steroid dienone is 1. The number of aliphatic hydroxyl groups excluding tert-OH is 1. The summed E-state index contributed by atoms with van der Waals surface area (Å²) in [5.74, 6) is 0.600. The summed E-state index contributed by atoms with van der Waals surface area (Å²) >= 11 is 0. The molecule has 0 saturated carbocycles. The van der Waals surface area contributed by atoms with E-state index in [1.807, 2.05) is 136 Å². The highest BCUT2D eigenvalue weighted by molar-refractivity contribution is 5.79. The molecule has 0 radical (unpaired) electrons. The SMILES string of the molecule is C/C=C/c1cc(OCOCc2ccccc2)c(C[C@H](C)C(=O)N(C)[C@H](C)[C@H](O)c2ccccc2)c(OCOCc2ccccc2)c1. The van der Waals surface area contributed by atoms with Gasteiger partial charge in [-0.3, -0.25) is 4.79 Å². The largest absolute Gasteiger partial charge is 0.467 e. The van der Waals surface area contributed by atoms with Gasteiger partial charge in [0, 0.05) is 18.5 Å². The lowest BCUT2D eigenvalue weighted by Crippen LogP contribution is -2.42. The molecule has 4 aromatic rings. The van der Waals surface area contributed by atoms with Crippen LogP contribution in [0.25, 0.3) is 6.08 Å². The first-order chi connectivity index (χ1) is 22.4. The lowest BCUT2D eigenvalue weighted by atomic mass is 9.95. The van der Waals surface area contributed by atoms with Gasteiger partial charge in [0.1, 0.15) is 11.5 Å². The molecule has 1 N–H and O–H groups in total. The van der Waals surface area contributed by atoms with E-state index in [1.165, 1.54) is 0 Å². The van der Waals surface area contributed by atoms with Crippen LogP contribution >= 0.6 is 0 Å². The van der Waals surface area contributed by atoms with Gasteiger partial charge < -0.3 is 29.0 Å². The maximum Gasteiger partial charge on any atom is 0.225 e. The molecular weight excluding hydrogens is 578 g/mol. The molecular formula is C39H45NO6. The summed E-state index contributed by atoms with van der Waals surface area (Å²) in [7, 11) is 1.73. The Labute approximate surface area is 273 Å². The predicted molar refractivity (Wildman–Crippen MR) is 181 cm³/mol. The molecule has 0 unspecified atom stereocenters. The average Bonchev–Trinajstić information content (AvgIpc) is 3.09. The van der Waals surface area contributed by atoms with E-state index in [9.17, 15) is 9.90 Å². The third-order valence-corrected chi connectivity index (χ3v) is 7.86. The van der Waals surface area contributed by atoms with Gasteiger partial charge in [-0.25, -0.2) is 0 Å². The van der Waals surface area contributed by atoms with Gasteiger partial charge in [0.25, 0.3) is 0 Å². The molecule has 1 amide bonds. The molecule has 7 nitrogen and oxygen atoms in total. The number of amides is 1. The molecule has 0 saturated heterocycles. The summed E-state index contributed by atoms with van der Waals surface area (Å²) in [5.41, 5.74) is 4.48. The zero-order chi connectivity index (χ0) is 32.7. The lowest BCUT2D eigenvalue weighted by Gasteiger charge is -2.31. The Morgan fingerprint density at radius 2 is 1.26 bits per heavy atom. The fourth-order valence-corrected chi connectivity index (χ4v) is 5.15. The normalized spacial score (nSPS) is 13.2. The standard InChI is InChI=1S/C39H45NO6/c1-5-15-33-23-36(45-27-43-25-31-16-9-6-10-17-31)35(37(24-33)46-28-44-26-32-18-11-7-12-19-32)22-29(2)39(42)40(4)30(3)38(41)34-20-13-8-14-21-34/h5-21,23-24,29-30,38,41H,22,25-28H2,1-4H3/b15-5+/t29-,30+,38-/m0/s1. The number of benzene rings is 4. The number of hydrogen-bond donors (Lipinski definition) is 1. The van der Waals surface area contributed by atoms with Crippen LogP contribution in [-0.4, -0.2) is 42.6 Å². The Bertz CT molecular complexity index is 1440. The zero-order valence-electron chi connectivity index (χ0n) is 27.2. The molecule has 0 aliphatic rings. The van der Waals surface area contributed by atoms with Crippen molar-refractivity contribution in [1.82, 2.24) is 4.90 Å². The topological polar surface area (TPSA) is 77.5 Å². The van der Waals surface area contributed by atoms with Crippen LogP contribution in [0.4, 0.5) is 0 Å². The van der Waals surface area contributed by atoms with Gasteiger partial charge in [-0.1, -0.05) is 110 Å². The average molecular weight is 624 g/mol. The summed E-state index contributed by atoms with van der Waals surface area (Å²) in [6.45, 7) is 6.53. The van der Waals surface area contributed by atoms with Crippen molar-refractivity contribution in [2.24, 2.45) is 5.92 Å². The van der Waals surface area contributed by atoms with Gasteiger partial charge in [-0.2, -0.15) is 0 Å². The van der Waals surface area contributed by atoms with E-state index in [-0.39, 0.29) is 19.5 Å². The molecule has 0 spiro atoms. The van der Waals surface area contributed by atoms with Crippen molar-refractivity contribution in [1.29, 1.82) is 0 Å². The highest BCUT2D eigenvalue weighted by Crippen LogP contribution is 2.35. The molecule has 0 aliphatic heterocycles. The fourth-order valence-electron chi connectivity index (χ4n) is 5.15. The van der Waals surface area contributed by atoms with Gasteiger partial charge in [-0.15, -0.1) is 0 Å². The Kier molecular flexibility index (Phi) is 13.4. The van der Waals surface area contributed by atoms with Crippen LogP contribution < -0.4 is 9.47 Å². The third-order valence-electron chi connectivity index (χ3n) is 7.86. The van der Waals surface area contributed by atoms with Gasteiger partial charge >= 0.3 is 0 Å². The minimum atomic E-state index is -0.816. The van der Waals surface area contributed by atoms with Crippen LogP contribution in [0, 0.1) is 5.92 Å². The number of carbonyl (C=O) groups excluding carboxylic acids is 1. The van der Waals surface area contributed by atoms with Crippen LogP contribution in [0.15, 0.2) is 109 Å². The first-order valence-corrected chi connectivity index (χ1v) is 15.7. The highest BCUT2D eigenvalue weighted by Gasteiger charge is 2.29. The number of carbonyl (C=O) groups is 1. The summed E-state index contributed by atoms with van der Waals surface area (Å²) < 4.78 is 24.1. The quantitative estimate of drug-likeness (QED) is 0.0965. The Balaban J connectivity index is 1.53. The number of ether oxygens (including phenoxy) is 4. The van der Waals surface area contributed by atoms with Gasteiger partial charge in [-0.05, 0) is 54.7 Å². The molecule has 4 aromatic carbocycles. The van der Waals surface area contributed by atoms with Gasteiger partial charge in [0.05, 0.1) is 25.4 Å². The first-order valence-electron chi connectivity index (χ1n) is 15.7. The highest BCUT2D eigenvalue weighted by atomic mass is 16.7. The fraction of sp³-hybridized carbons (Fsp3) is 0.308. The number of likely N-dealkylation sites (N-methyl/N-ethyl adjacent to an activating group) is 1. The van der Waals surface area contributed by atoms with E-state index < -0.39 is 18.1 Å².